The summed E-state index contributed by atoms with van der Waals surface area (Å²) >= 11 is 0. The number of amides is 1. The Labute approximate surface area is 114 Å². The van der Waals surface area contributed by atoms with Crippen LogP contribution in [-0.4, -0.2) is 11.0 Å². The Morgan fingerprint density at radius 1 is 1.21 bits per heavy atom. The second-order valence-electron chi connectivity index (χ2n) is 5.93. The summed E-state index contributed by atoms with van der Waals surface area (Å²) in [6.07, 6.45) is 4.56. The standard InChI is InChI=1S/C16H21NO2/c1-10(18)11-6-8-12(9-7-11)17-16(19)15-13-4-2-3-5-14(13)15/h6-10,13-15,18H,2-5H2,1H3,(H,17,19). The summed E-state index contributed by atoms with van der Waals surface area (Å²) in [5.41, 5.74) is 1.70. The van der Waals surface area contributed by atoms with Crippen molar-refractivity contribution in [1.82, 2.24) is 0 Å². The molecule has 3 rings (SSSR count). The molecule has 2 aliphatic carbocycles. The summed E-state index contributed by atoms with van der Waals surface area (Å²) in [6.45, 7) is 1.74. The fourth-order valence-electron chi connectivity index (χ4n) is 3.45. The summed E-state index contributed by atoms with van der Waals surface area (Å²) in [5, 5.41) is 12.5. The Bertz CT molecular complexity index is 454. The van der Waals surface area contributed by atoms with E-state index in [1.165, 1.54) is 25.7 Å². The van der Waals surface area contributed by atoms with E-state index in [1.807, 2.05) is 24.3 Å². The third kappa shape index (κ3) is 2.52. The molecule has 0 aromatic heterocycles. The molecule has 0 aliphatic heterocycles. The van der Waals surface area contributed by atoms with E-state index in [1.54, 1.807) is 6.92 Å². The van der Waals surface area contributed by atoms with Crippen LogP contribution in [0.3, 0.4) is 0 Å². The van der Waals surface area contributed by atoms with Crippen LogP contribution in [0.25, 0.3) is 0 Å². The zero-order valence-corrected chi connectivity index (χ0v) is 11.3. The number of anilines is 1. The molecule has 2 saturated carbocycles. The maximum absolute atomic E-state index is 12.2. The van der Waals surface area contributed by atoms with Gasteiger partial charge in [0.25, 0.3) is 0 Å². The maximum Gasteiger partial charge on any atom is 0.228 e. The zero-order valence-electron chi connectivity index (χ0n) is 11.3. The molecule has 3 heteroatoms. The van der Waals surface area contributed by atoms with E-state index in [4.69, 9.17) is 0 Å². The Kier molecular flexibility index (Phi) is 3.31. The van der Waals surface area contributed by atoms with Gasteiger partial charge < -0.3 is 10.4 Å². The van der Waals surface area contributed by atoms with Crippen LogP contribution in [0.1, 0.15) is 44.3 Å². The second kappa shape index (κ2) is 4.97. The normalized spacial score (nSPS) is 30.3. The van der Waals surface area contributed by atoms with Gasteiger partial charge in [0.05, 0.1) is 6.10 Å². The van der Waals surface area contributed by atoms with E-state index in [-0.39, 0.29) is 11.8 Å². The van der Waals surface area contributed by atoms with Gasteiger partial charge in [-0.1, -0.05) is 25.0 Å². The number of hydrogen-bond acceptors (Lipinski definition) is 2. The smallest absolute Gasteiger partial charge is 0.228 e. The van der Waals surface area contributed by atoms with Gasteiger partial charge in [-0.3, -0.25) is 4.79 Å². The number of carbonyl (C=O) groups excluding carboxylic acids is 1. The molecule has 2 aliphatic rings. The highest BCUT2D eigenvalue weighted by molar-refractivity contribution is 5.94. The number of aliphatic hydroxyl groups is 1. The van der Waals surface area contributed by atoms with Crippen LogP contribution in [0.4, 0.5) is 5.69 Å². The summed E-state index contributed by atoms with van der Waals surface area (Å²) in [4.78, 5) is 12.2. The molecular weight excluding hydrogens is 238 g/mol. The minimum Gasteiger partial charge on any atom is -0.389 e. The van der Waals surface area contributed by atoms with Crippen LogP contribution in [0.2, 0.25) is 0 Å². The molecule has 0 saturated heterocycles. The van der Waals surface area contributed by atoms with Crippen molar-refractivity contribution in [1.29, 1.82) is 0 Å². The SMILES string of the molecule is CC(O)c1ccc(NC(=O)C2C3CCCCC32)cc1. The van der Waals surface area contributed by atoms with Crippen LogP contribution in [0.15, 0.2) is 24.3 Å². The lowest BCUT2D eigenvalue weighted by Crippen LogP contribution is -2.15. The lowest BCUT2D eigenvalue weighted by molar-refractivity contribution is -0.117. The highest BCUT2D eigenvalue weighted by Crippen LogP contribution is 2.55. The first-order valence-electron chi connectivity index (χ1n) is 7.25. The Morgan fingerprint density at radius 3 is 2.32 bits per heavy atom. The van der Waals surface area contributed by atoms with Crippen molar-refractivity contribution in [3.05, 3.63) is 29.8 Å². The quantitative estimate of drug-likeness (QED) is 0.876. The first kappa shape index (κ1) is 12.7. The Hall–Kier alpha value is -1.35. The lowest BCUT2D eigenvalue weighted by Gasteiger charge is -2.08. The highest BCUT2D eigenvalue weighted by Gasteiger charge is 2.54. The number of rotatable bonds is 3. The molecule has 3 nitrogen and oxygen atoms in total. The predicted molar refractivity (Wildman–Crippen MR) is 74.6 cm³/mol. The highest BCUT2D eigenvalue weighted by atomic mass is 16.3. The van der Waals surface area contributed by atoms with Gasteiger partial charge in [0.2, 0.25) is 5.91 Å². The van der Waals surface area contributed by atoms with E-state index in [2.05, 4.69) is 5.32 Å². The molecule has 1 amide bonds. The summed E-state index contributed by atoms with van der Waals surface area (Å²) in [6, 6.07) is 7.46. The molecule has 0 spiro atoms. The van der Waals surface area contributed by atoms with Crippen molar-refractivity contribution in [3.63, 3.8) is 0 Å². The minimum atomic E-state index is -0.462. The van der Waals surface area contributed by atoms with Crippen molar-refractivity contribution in [2.24, 2.45) is 17.8 Å². The molecule has 0 radical (unpaired) electrons. The lowest BCUT2D eigenvalue weighted by atomic mass is 10.0. The third-order valence-corrected chi connectivity index (χ3v) is 4.62. The van der Waals surface area contributed by atoms with Crippen LogP contribution in [0.5, 0.6) is 0 Å². The van der Waals surface area contributed by atoms with Crippen LogP contribution in [-0.2, 0) is 4.79 Å². The summed E-state index contributed by atoms with van der Waals surface area (Å²) in [5.74, 6) is 1.72. The Morgan fingerprint density at radius 2 is 1.79 bits per heavy atom. The monoisotopic (exact) mass is 259 g/mol. The van der Waals surface area contributed by atoms with E-state index in [9.17, 15) is 9.90 Å². The van der Waals surface area contributed by atoms with Gasteiger partial charge >= 0.3 is 0 Å². The molecule has 2 fully saturated rings. The molecule has 1 aromatic rings. The predicted octanol–water partition coefficient (Wildman–Crippen LogP) is 3.11. The number of nitrogens with one attached hydrogen (secondary N) is 1. The molecular formula is C16H21NO2. The van der Waals surface area contributed by atoms with Gasteiger partial charge in [-0.05, 0) is 49.3 Å². The third-order valence-electron chi connectivity index (χ3n) is 4.62. The van der Waals surface area contributed by atoms with Gasteiger partial charge in [0.1, 0.15) is 0 Å². The number of hydrogen-bond donors (Lipinski definition) is 2. The first-order valence-corrected chi connectivity index (χ1v) is 7.25. The van der Waals surface area contributed by atoms with E-state index < -0.39 is 6.10 Å². The molecule has 102 valence electrons. The van der Waals surface area contributed by atoms with Gasteiger partial charge in [-0.25, -0.2) is 0 Å². The average Bonchev–Trinajstić information content (AvgIpc) is 3.13. The van der Waals surface area contributed by atoms with Crippen molar-refractivity contribution in [3.8, 4) is 0 Å². The molecule has 0 heterocycles. The molecule has 3 unspecified atom stereocenters. The van der Waals surface area contributed by atoms with Gasteiger partial charge in [0, 0.05) is 11.6 Å². The molecule has 2 N–H and O–H groups in total. The molecule has 0 bridgehead atoms. The number of fused-ring (bicyclic) bond motifs is 1. The van der Waals surface area contributed by atoms with E-state index in [0.717, 1.165) is 11.3 Å². The Balaban J connectivity index is 1.60. The number of aliphatic hydroxyl groups excluding tert-OH is 1. The second-order valence-corrected chi connectivity index (χ2v) is 5.93. The van der Waals surface area contributed by atoms with Gasteiger partial charge in [-0.15, -0.1) is 0 Å². The summed E-state index contributed by atoms with van der Waals surface area (Å²) in [7, 11) is 0. The van der Waals surface area contributed by atoms with Crippen molar-refractivity contribution < 1.29 is 9.90 Å². The average molecular weight is 259 g/mol. The summed E-state index contributed by atoms with van der Waals surface area (Å²) < 4.78 is 0. The van der Waals surface area contributed by atoms with Crippen molar-refractivity contribution >= 4 is 11.6 Å². The molecule has 3 atom stereocenters. The number of benzene rings is 1. The van der Waals surface area contributed by atoms with Crippen LogP contribution >= 0.6 is 0 Å². The van der Waals surface area contributed by atoms with Crippen molar-refractivity contribution in [2.45, 2.75) is 38.7 Å². The van der Waals surface area contributed by atoms with Crippen LogP contribution < -0.4 is 5.32 Å². The molecule has 19 heavy (non-hydrogen) atoms. The van der Waals surface area contributed by atoms with Gasteiger partial charge in [0.15, 0.2) is 0 Å². The van der Waals surface area contributed by atoms with E-state index >= 15 is 0 Å². The van der Waals surface area contributed by atoms with Crippen molar-refractivity contribution in [2.75, 3.05) is 5.32 Å². The fraction of sp³-hybridized carbons (Fsp3) is 0.562. The first-order chi connectivity index (χ1) is 9.16. The minimum absolute atomic E-state index is 0.182. The maximum atomic E-state index is 12.2. The zero-order chi connectivity index (χ0) is 13.4. The molecule has 1 aromatic carbocycles. The van der Waals surface area contributed by atoms with E-state index in [0.29, 0.717) is 11.8 Å². The van der Waals surface area contributed by atoms with Gasteiger partial charge in [-0.2, -0.15) is 0 Å². The largest absolute Gasteiger partial charge is 0.389 e. The van der Waals surface area contributed by atoms with Crippen LogP contribution in [0, 0.1) is 17.8 Å². The number of carbonyl (C=O) groups is 1. The topological polar surface area (TPSA) is 49.3 Å². The fourth-order valence-corrected chi connectivity index (χ4v) is 3.45.